The predicted molar refractivity (Wildman–Crippen MR) is 57.0 cm³/mol. The summed E-state index contributed by atoms with van der Waals surface area (Å²) in [5.74, 6) is 0. The van der Waals surface area contributed by atoms with E-state index in [-0.39, 0.29) is 0 Å². The summed E-state index contributed by atoms with van der Waals surface area (Å²) in [4.78, 5) is 0. The van der Waals surface area contributed by atoms with Crippen molar-refractivity contribution in [2.75, 3.05) is 0 Å². The van der Waals surface area contributed by atoms with Gasteiger partial charge in [-0.25, -0.2) is 0 Å². The van der Waals surface area contributed by atoms with E-state index >= 15 is 0 Å². The van der Waals surface area contributed by atoms with Gasteiger partial charge in [0.1, 0.15) is 0 Å². The lowest BCUT2D eigenvalue weighted by Crippen LogP contribution is -2.22. The van der Waals surface area contributed by atoms with Crippen molar-refractivity contribution in [2.24, 2.45) is 5.41 Å². The maximum absolute atomic E-state index is 5.55. The van der Waals surface area contributed by atoms with Crippen LogP contribution in [0.25, 0.3) is 0 Å². The summed E-state index contributed by atoms with van der Waals surface area (Å²) < 4.78 is 5.55. The second-order valence-corrected chi connectivity index (χ2v) is 5.74. The van der Waals surface area contributed by atoms with Gasteiger partial charge in [-0.1, -0.05) is 26.4 Å². The van der Waals surface area contributed by atoms with Crippen molar-refractivity contribution in [3.8, 4) is 0 Å². The molecule has 1 atom stereocenters. The Morgan fingerprint density at radius 1 is 1.33 bits per heavy atom. The van der Waals surface area contributed by atoms with Crippen LogP contribution in [0.1, 0.15) is 27.2 Å². The summed E-state index contributed by atoms with van der Waals surface area (Å²) >= 11 is 0. The zero-order valence-electron chi connectivity index (χ0n) is 8.90. The van der Waals surface area contributed by atoms with Gasteiger partial charge in [-0.3, -0.25) is 0 Å². The first-order valence-corrected chi connectivity index (χ1v) is 7.60. The summed E-state index contributed by atoms with van der Waals surface area (Å²) in [7, 11) is 1.69. The molecule has 0 fully saturated rings. The Labute approximate surface area is 82.0 Å². The Morgan fingerprint density at radius 3 is 2.33 bits per heavy atom. The Kier molecular flexibility index (Phi) is 6.14. The zero-order chi connectivity index (χ0) is 9.61. The Hall–Kier alpha value is 0.394. The molecule has 1 unspecified atom stereocenters. The molecular weight excluding hydrogens is 180 g/mol. The van der Waals surface area contributed by atoms with Crippen molar-refractivity contribution >= 4 is 19.3 Å². The molecule has 0 aliphatic rings. The lowest BCUT2D eigenvalue weighted by Gasteiger charge is -2.27. The Bertz CT molecular complexity index is 115. The molecular formula is C9H20OSi2. The fraction of sp³-hybridized carbons (Fsp3) is 1.00. The third kappa shape index (κ3) is 5.97. The Morgan fingerprint density at radius 2 is 1.92 bits per heavy atom. The molecule has 0 aromatic heterocycles. The van der Waals surface area contributed by atoms with Gasteiger partial charge in [0.05, 0.1) is 0 Å². The van der Waals surface area contributed by atoms with E-state index in [0.717, 1.165) is 9.52 Å². The molecule has 4 radical (unpaired) electrons. The van der Waals surface area contributed by atoms with Crippen molar-refractivity contribution < 1.29 is 4.43 Å². The summed E-state index contributed by atoms with van der Waals surface area (Å²) in [6, 6.07) is 1.33. The van der Waals surface area contributed by atoms with Crippen LogP contribution in [0.3, 0.4) is 0 Å². The zero-order valence-corrected chi connectivity index (χ0v) is 10.9. The second kappa shape index (κ2) is 5.94. The maximum atomic E-state index is 5.55. The van der Waals surface area contributed by atoms with Crippen LogP contribution >= 0.6 is 0 Å². The van der Waals surface area contributed by atoms with Gasteiger partial charge in [0.15, 0.2) is 0 Å². The SMILES string of the molecule is C[Si]CC(C)(C)CC(C)O[Si]C. The molecule has 0 rings (SSSR count). The van der Waals surface area contributed by atoms with Crippen LogP contribution in [-0.4, -0.2) is 25.4 Å². The molecule has 0 saturated carbocycles. The van der Waals surface area contributed by atoms with Crippen LogP contribution in [0.4, 0.5) is 0 Å². The average molecular weight is 200 g/mol. The smallest absolute Gasteiger partial charge is 0.226 e. The van der Waals surface area contributed by atoms with E-state index in [0.29, 0.717) is 21.3 Å². The molecule has 0 aromatic rings. The van der Waals surface area contributed by atoms with Gasteiger partial charge in [-0.05, 0) is 25.3 Å². The van der Waals surface area contributed by atoms with E-state index in [4.69, 9.17) is 4.43 Å². The third-order valence-corrected chi connectivity index (χ3v) is 3.76. The molecule has 0 aliphatic heterocycles. The van der Waals surface area contributed by atoms with Gasteiger partial charge < -0.3 is 4.43 Å². The highest BCUT2D eigenvalue weighted by molar-refractivity contribution is 6.33. The third-order valence-electron chi connectivity index (χ3n) is 1.81. The average Bonchev–Trinajstić information content (AvgIpc) is 1.85. The quantitative estimate of drug-likeness (QED) is 0.599. The molecule has 0 aliphatic carbocycles. The maximum Gasteiger partial charge on any atom is 0.226 e. The van der Waals surface area contributed by atoms with E-state index in [2.05, 4.69) is 33.9 Å². The minimum absolute atomic E-state index is 0.430. The van der Waals surface area contributed by atoms with Crippen molar-refractivity contribution in [3.63, 3.8) is 0 Å². The summed E-state index contributed by atoms with van der Waals surface area (Å²) in [5, 5.41) is 0. The van der Waals surface area contributed by atoms with E-state index in [1.165, 1.54) is 12.5 Å². The first-order valence-electron chi connectivity index (χ1n) is 4.49. The summed E-state index contributed by atoms with van der Waals surface area (Å²) in [6.07, 6.45) is 1.62. The molecule has 0 N–H and O–H groups in total. The Balaban J connectivity index is 3.70. The standard InChI is InChI=1S/C9H20OSi2/c1-8(10-12-5)6-9(2,3)7-11-4/h8H,6-7H2,1-5H3. The van der Waals surface area contributed by atoms with Gasteiger partial charge >= 0.3 is 0 Å². The van der Waals surface area contributed by atoms with Crippen molar-refractivity contribution in [3.05, 3.63) is 0 Å². The molecule has 70 valence electrons. The summed E-state index contributed by atoms with van der Waals surface area (Å²) in [5.41, 5.74) is 0.465. The first kappa shape index (κ1) is 12.4. The summed E-state index contributed by atoms with van der Waals surface area (Å²) in [6.45, 7) is 11.2. The molecule has 0 amide bonds. The minimum atomic E-state index is 0.430. The largest absolute Gasteiger partial charge is 0.415 e. The highest BCUT2D eigenvalue weighted by atomic mass is 28.2. The van der Waals surface area contributed by atoms with E-state index in [1.54, 1.807) is 0 Å². The normalized spacial score (nSPS) is 14.8. The van der Waals surface area contributed by atoms with Gasteiger partial charge in [-0.15, -0.1) is 0 Å². The fourth-order valence-corrected chi connectivity index (χ4v) is 3.16. The molecule has 0 heterocycles. The number of rotatable bonds is 6. The molecule has 12 heavy (non-hydrogen) atoms. The monoisotopic (exact) mass is 200 g/mol. The van der Waals surface area contributed by atoms with Crippen LogP contribution in [0, 0.1) is 5.41 Å². The first-order chi connectivity index (χ1) is 5.52. The number of hydrogen-bond donors (Lipinski definition) is 0. The van der Waals surface area contributed by atoms with Crippen LogP contribution in [0.15, 0.2) is 0 Å². The van der Waals surface area contributed by atoms with Crippen LogP contribution in [-0.2, 0) is 4.43 Å². The van der Waals surface area contributed by atoms with Crippen molar-refractivity contribution in [2.45, 2.75) is 52.4 Å². The topological polar surface area (TPSA) is 9.23 Å². The van der Waals surface area contributed by atoms with Crippen LogP contribution in [0.5, 0.6) is 0 Å². The van der Waals surface area contributed by atoms with Crippen molar-refractivity contribution in [1.29, 1.82) is 0 Å². The van der Waals surface area contributed by atoms with Gasteiger partial charge in [-0.2, -0.15) is 0 Å². The number of hydrogen-bond acceptors (Lipinski definition) is 1. The lowest BCUT2D eigenvalue weighted by molar-refractivity contribution is 0.168. The minimum Gasteiger partial charge on any atom is -0.415 e. The second-order valence-electron chi connectivity index (χ2n) is 4.03. The van der Waals surface area contributed by atoms with Crippen molar-refractivity contribution in [1.82, 2.24) is 0 Å². The lowest BCUT2D eigenvalue weighted by atomic mass is 9.89. The molecule has 3 heteroatoms. The van der Waals surface area contributed by atoms with Crippen LogP contribution in [0.2, 0.25) is 19.1 Å². The fourth-order valence-electron chi connectivity index (χ4n) is 1.57. The van der Waals surface area contributed by atoms with E-state index in [9.17, 15) is 0 Å². The highest BCUT2D eigenvalue weighted by Crippen LogP contribution is 2.27. The molecule has 0 aromatic carbocycles. The molecule has 1 nitrogen and oxygen atoms in total. The highest BCUT2D eigenvalue weighted by Gasteiger charge is 2.19. The van der Waals surface area contributed by atoms with Crippen LogP contribution < -0.4 is 0 Å². The van der Waals surface area contributed by atoms with E-state index in [1.807, 2.05) is 0 Å². The molecule has 0 bridgehead atoms. The molecule has 0 spiro atoms. The predicted octanol–water partition coefficient (Wildman–Crippen LogP) is 2.65. The van der Waals surface area contributed by atoms with Gasteiger partial charge in [0.2, 0.25) is 9.76 Å². The molecule has 0 saturated heterocycles. The van der Waals surface area contributed by atoms with E-state index < -0.39 is 0 Å². The van der Waals surface area contributed by atoms with Gasteiger partial charge in [0.25, 0.3) is 0 Å². The van der Waals surface area contributed by atoms with Gasteiger partial charge in [0, 0.05) is 15.6 Å².